The second-order valence-corrected chi connectivity index (χ2v) is 8.34. The number of carbonyl (C=O) groups excluding carboxylic acids is 1. The Morgan fingerprint density at radius 1 is 1.08 bits per heavy atom. The summed E-state index contributed by atoms with van der Waals surface area (Å²) in [5, 5.41) is 2.94. The number of amides is 1. The molecule has 1 saturated carbocycles. The molecule has 2 aromatic rings. The Morgan fingerprint density at radius 3 is 2.31 bits per heavy atom. The summed E-state index contributed by atoms with van der Waals surface area (Å²) in [5.41, 5.74) is 1.87. The number of carbonyl (C=O) groups is 1. The fourth-order valence-electron chi connectivity index (χ4n) is 2.85. The highest BCUT2D eigenvalue weighted by Gasteiger charge is 2.27. The fraction of sp³-hybridized carbons (Fsp3) is 0.350. The van der Waals surface area contributed by atoms with Crippen molar-refractivity contribution in [2.75, 3.05) is 0 Å². The van der Waals surface area contributed by atoms with E-state index in [9.17, 15) is 13.2 Å². The van der Waals surface area contributed by atoms with Gasteiger partial charge >= 0.3 is 0 Å². The van der Waals surface area contributed by atoms with E-state index in [4.69, 9.17) is 0 Å². The zero-order chi connectivity index (χ0) is 18.6. The predicted molar refractivity (Wildman–Crippen MR) is 101 cm³/mol. The predicted octanol–water partition coefficient (Wildman–Crippen LogP) is 2.94. The van der Waals surface area contributed by atoms with Crippen LogP contribution in [0.1, 0.15) is 43.2 Å². The molecule has 6 heteroatoms. The summed E-state index contributed by atoms with van der Waals surface area (Å²) < 4.78 is 27.0. The van der Waals surface area contributed by atoms with Gasteiger partial charge in [-0.15, -0.1) is 0 Å². The van der Waals surface area contributed by atoms with Gasteiger partial charge in [0, 0.05) is 12.6 Å². The summed E-state index contributed by atoms with van der Waals surface area (Å²) in [6.45, 7) is 2.36. The summed E-state index contributed by atoms with van der Waals surface area (Å²) in [7, 11) is -3.44. The molecule has 0 radical (unpaired) electrons. The third-order valence-electron chi connectivity index (χ3n) is 4.53. The lowest BCUT2D eigenvalue weighted by molar-refractivity contribution is -0.122. The molecule has 1 atom stereocenters. The van der Waals surface area contributed by atoms with Crippen molar-refractivity contribution in [2.45, 2.75) is 49.6 Å². The zero-order valence-corrected chi connectivity index (χ0v) is 15.6. The molecule has 0 unspecified atom stereocenters. The van der Waals surface area contributed by atoms with Gasteiger partial charge in [0.2, 0.25) is 15.9 Å². The van der Waals surface area contributed by atoms with Crippen molar-refractivity contribution in [3.05, 3.63) is 65.7 Å². The molecular weight excluding hydrogens is 348 g/mol. The minimum atomic E-state index is -3.44. The van der Waals surface area contributed by atoms with E-state index in [0.29, 0.717) is 6.54 Å². The lowest BCUT2D eigenvalue weighted by Gasteiger charge is -2.15. The van der Waals surface area contributed by atoms with Gasteiger partial charge in [0.1, 0.15) is 0 Å². The third-order valence-corrected chi connectivity index (χ3v) is 6.06. The lowest BCUT2D eigenvalue weighted by atomic mass is 9.95. The van der Waals surface area contributed by atoms with E-state index in [2.05, 4.69) is 10.0 Å². The summed E-state index contributed by atoms with van der Waals surface area (Å²) in [5.74, 6) is -0.204. The van der Waals surface area contributed by atoms with Gasteiger partial charge in [0.15, 0.2) is 0 Å². The molecule has 0 spiro atoms. The van der Waals surface area contributed by atoms with Crippen molar-refractivity contribution in [3.8, 4) is 0 Å². The highest BCUT2D eigenvalue weighted by atomic mass is 32.2. The van der Waals surface area contributed by atoms with E-state index in [-0.39, 0.29) is 22.8 Å². The maximum Gasteiger partial charge on any atom is 0.240 e. The number of hydrogen-bond acceptors (Lipinski definition) is 3. The van der Waals surface area contributed by atoms with Crippen LogP contribution >= 0.6 is 0 Å². The molecule has 138 valence electrons. The van der Waals surface area contributed by atoms with Crippen LogP contribution in [0.4, 0.5) is 0 Å². The molecule has 1 fully saturated rings. The number of sulfonamides is 1. The maximum absolute atomic E-state index is 12.5. The first-order valence-electron chi connectivity index (χ1n) is 8.93. The van der Waals surface area contributed by atoms with Crippen LogP contribution in [0.2, 0.25) is 0 Å². The third kappa shape index (κ3) is 4.71. The molecule has 0 aliphatic heterocycles. The van der Waals surface area contributed by atoms with Gasteiger partial charge in [-0.05, 0) is 42.5 Å². The Balaban J connectivity index is 1.59. The zero-order valence-electron chi connectivity index (χ0n) is 14.8. The molecule has 26 heavy (non-hydrogen) atoms. The summed E-state index contributed by atoms with van der Waals surface area (Å²) >= 11 is 0. The van der Waals surface area contributed by atoms with Crippen molar-refractivity contribution < 1.29 is 13.2 Å². The van der Waals surface area contributed by atoms with Gasteiger partial charge in [-0.3, -0.25) is 4.79 Å². The van der Waals surface area contributed by atoms with Crippen molar-refractivity contribution in [1.82, 2.24) is 10.0 Å². The SMILES string of the molecule is CC[C@@H](C(=O)NCc1ccc(S(=O)(=O)NC2CC2)cc1)c1ccccc1. The van der Waals surface area contributed by atoms with Gasteiger partial charge in [-0.1, -0.05) is 49.4 Å². The minimum Gasteiger partial charge on any atom is -0.351 e. The number of nitrogens with one attached hydrogen (secondary N) is 2. The fourth-order valence-corrected chi connectivity index (χ4v) is 4.15. The van der Waals surface area contributed by atoms with E-state index in [0.717, 1.165) is 30.4 Å². The highest BCUT2D eigenvalue weighted by Crippen LogP contribution is 2.22. The van der Waals surface area contributed by atoms with E-state index in [1.807, 2.05) is 37.3 Å². The number of benzene rings is 2. The van der Waals surface area contributed by atoms with Crippen LogP contribution in [-0.4, -0.2) is 20.4 Å². The Hall–Kier alpha value is -2.18. The Kier molecular flexibility index (Phi) is 5.74. The molecular formula is C20H24N2O3S. The quantitative estimate of drug-likeness (QED) is 0.748. The maximum atomic E-state index is 12.5. The normalized spacial score (nSPS) is 15.4. The number of hydrogen-bond donors (Lipinski definition) is 2. The first-order valence-corrected chi connectivity index (χ1v) is 10.4. The molecule has 1 aliphatic rings. The van der Waals surface area contributed by atoms with Crippen molar-refractivity contribution in [3.63, 3.8) is 0 Å². The summed E-state index contributed by atoms with van der Waals surface area (Å²) in [6, 6.07) is 16.4. The van der Waals surface area contributed by atoms with Crippen molar-refractivity contribution in [1.29, 1.82) is 0 Å². The van der Waals surface area contributed by atoms with E-state index < -0.39 is 10.0 Å². The summed E-state index contributed by atoms with van der Waals surface area (Å²) in [4.78, 5) is 12.7. The van der Waals surface area contributed by atoms with Crippen molar-refractivity contribution in [2.24, 2.45) is 0 Å². The molecule has 2 aromatic carbocycles. The molecule has 1 amide bonds. The second-order valence-electron chi connectivity index (χ2n) is 6.63. The van der Waals surface area contributed by atoms with Crippen LogP contribution in [0.3, 0.4) is 0 Å². The largest absolute Gasteiger partial charge is 0.351 e. The van der Waals surface area contributed by atoms with Crippen LogP contribution in [-0.2, 0) is 21.4 Å². The topological polar surface area (TPSA) is 75.3 Å². The molecule has 0 aromatic heterocycles. The minimum absolute atomic E-state index is 0.0224. The number of rotatable bonds is 8. The van der Waals surface area contributed by atoms with Crippen LogP contribution < -0.4 is 10.0 Å². The van der Waals surface area contributed by atoms with Gasteiger partial charge in [0.25, 0.3) is 0 Å². The Labute approximate surface area is 154 Å². The van der Waals surface area contributed by atoms with Crippen LogP contribution in [0.25, 0.3) is 0 Å². The molecule has 5 nitrogen and oxygen atoms in total. The second kappa shape index (κ2) is 8.01. The van der Waals surface area contributed by atoms with Gasteiger partial charge < -0.3 is 5.32 Å². The average Bonchev–Trinajstić information content (AvgIpc) is 3.45. The monoisotopic (exact) mass is 372 g/mol. The molecule has 0 bridgehead atoms. The lowest BCUT2D eigenvalue weighted by Crippen LogP contribution is -2.28. The van der Waals surface area contributed by atoms with E-state index >= 15 is 0 Å². The van der Waals surface area contributed by atoms with Crippen LogP contribution in [0.15, 0.2) is 59.5 Å². The first-order chi connectivity index (χ1) is 12.5. The summed E-state index contributed by atoms with van der Waals surface area (Å²) in [6.07, 6.45) is 2.53. The van der Waals surface area contributed by atoms with Gasteiger partial charge in [-0.2, -0.15) is 0 Å². The van der Waals surface area contributed by atoms with Crippen molar-refractivity contribution >= 4 is 15.9 Å². The van der Waals surface area contributed by atoms with Crippen LogP contribution in [0, 0.1) is 0 Å². The standard InChI is InChI=1S/C20H24N2O3S/c1-2-19(16-6-4-3-5-7-16)20(23)21-14-15-8-12-18(13-9-15)26(24,25)22-17-10-11-17/h3-9,12-13,17,19,22H,2,10-11,14H2,1H3,(H,21,23)/t19-/m1/s1. The smallest absolute Gasteiger partial charge is 0.240 e. The van der Waals surface area contributed by atoms with Gasteiger partial charge in [0.05, 0.1) is 10.8 Å². The molecule has 2 N–H and O–H groups in total. The molecule has 3 rings (SSSR count). The van der Waals surface area contributed by atoms with Gasteiger partial charge in [-0.25, -0.2) is 13.1 Å². The van der Waals surface area contributed by atoms with E-state index in [1.54, 1.807) is 24.3 Å². The Bertz CT molecular complexity index is 844. The Morgan fingerprint density at radius 2 is 1.73 bits per heavy atom. The molecule has 0 heterocycles. The first kappa shape index (κ1) is 18.6. The van der Waals surface area contributed by atoms with Crippen LogP contribution in [0.5, 0.6) is 0 Å². The molecule has 1 aliphatic carbocycles. The average molecular weight is 372 g/mol. The molecule has 0 saturated heterocycles. The highest BCUT2D eigenvalue weighted by molar-refractivity contribution is 7.89. The van der Waals surface area contributed by atoms with E-state index in [1.165, 1.54) is 0 Å².